The van der Waals surface area contributed by atoms with Crippen LogP contribution in [0.1, 0.15) is 16.7 Å². The number of aryl methyl sites for hydroxylation is 2. The number of hydrogen-bond acceptors (Lipinski definition) is 4. The second kappa shape index (κ2) is 8.06. The molecular formula is C20H19ClN2O3S. The van der Waals surface area contributed by atoms with Gasteiger partial charge in [0.25, 0.3) is 5.91 Å². The highest BCUT2D eigenvalue weighted by atomic mass is 35.5. The Morgan fingerprint density at radius 1 is 1.22 bits per heavy atom. The van der Waals surface area contributed by atoms with Crippen LogP contribution in [0.15, 0.2) is 41.4 Å². The average Bonchev–Trinajstić information content (AvgIpc) is 2.94. The van der Waals surface area contributed by atoms with Crippen molar-refractivity contribution in [3.8, 4) is 0 Å². The molecule has 0 bridgehead atoms. The van der Waals surface area contributed by atoms with Gasteiger partial charge < -0.3 is 9.30 Å². The summed E-state index contributed by atoms with van der Waals surface area (Å²) in [4.78, 5) is 29.1. The molecule has 5 nitrogen and oxygen atoms in total. The lowest BCUT2D eigenvalue weighted by Crippen LogP contribution is -2.22. The molecule has 3 aromatic rings. The molecule has 0 saturated carbocycles. The summed E-state index contributed by atoms with van der Waals surface area (Å²) in [6.45, 7) is 3.99. The maximum atomic E-state index is 12.5. The zero-order valence-corrected chi connectivity index (χ0v) is 16.9. The lowest BCUT2D eigenvalue weighted by atomic mass is 10.1. The van der Waals surface area contributed by atoms with E-state index in [1.807, 2.05) is 32.0 Å². The van der Waals surface area contributed by atoms with E-state index in [-0.39, 0.29) is 18.9 Å². The maximum Gasteiger partial charge on any atom is 0.325 e. The fourth-order valence-electron chi connectivity index (χ4n) is 2.90. The van der Waals surface area contributed by atoms with E-state index >= 15 is 0 Å². The van der Waals surface area contributed by atoms with E-state index in [9.17, 15) is 9.59 Å². The van der Waals surface area contributed by atoms with E-state index in [2.05, 4.69) is 11.1 Å². The van der Waals surface area contributed by atoms with Crippen molar-refractivity contribution >= 4 is 45.0 Å². The van der Waals surface area contributed by atoms with Gasteiger partial charge in [-0.2, -0.15) is 4.99 Å². The smallest absolute Gasteiger partial charge is 0.325 e. The van der Waals surface area contributed by atoms with E-state index in [0.29, 0.717) is 9.82 Å². The van der Waals surface area contributed by atoms with Crippen LogP contribution in [-0.4, -0.2) is 23.6 Å². The molecule has 1 aromatic heterocycles. The van der Waals surface area contributed by atoms with Crippen LogP contribution in [0, 0.1) is 13.8 Å². The molecule has 0 aliphatic carbocycles. The van der Waals surface area contributed by atoms with Crippen molar-refractivity contribution in [2.24, 2.45) is 4.99 Å². The number of rotatable bonds is 4. The third-order valence-corrected chi connectivity index (χ3v) is 5.75. The Bertz CT molecular complexity index is 1100. The van der Waals surface area contributed by atoms with Crippen molar-refractivity contribution in [3.05, 3.63) is 62.9 Å². The predicted molar refractivity (Wildman–Crippen MR) is 107 cm³/mol. The molecule has 2 aromatic carbocycles. The van der Waals surface area contributed by atoms with Crippen molar-refractivity contribution in [1.29, 1.82) is 0 Å². The van der Waals surface area contributed by atoms with Crippen LogP contribution in [0.2, 0.25) is 5.02 Å². The molecule has 3 rings (SSSR count). The highest BCUT2D eigenvalue weighted by molar-refractivity contribution is 7.16. The van der Waals surface area contributed by atoms with Crippen LogP contribution >= 0.6 is 22.9 Å². The average molecular weight is 403 g/mol. The van der Waals surface area contributed by atoms with Gasteiger partial charge in [-0.15, -0.1) is 0 Å². The second-order valence-corrected chi connectivity index (χ2v) is 7.64. The number of methoxy groups -OCH3 is 1. The first-order chi connectivity index (χ1) is 12.9. The summed E-state index contributed by atoms with van der Waals surface area (Å²) in [5, 5.41) is 0.534. The topological polar surface area (TPSA) is 60.7 Å². The number of ether oxygens (including phenoxy) is 1. The van der Waals surface area contributed by atoms with Crippen LogP contribution in [0.4, 0.5) is 0 Å². The van der Waals surface area contributed by atoms with Gasteiger partial charge >= 0.3 is 5.97 Å². The zero-order valence-electron chi connectivity index (χ0n) is 15.3. The standard InChI is InChI=1S/C20H19ClN2O3S/c1-12-8-13(2)19-16(9-12)23(11-18(25)26-3)20(27-19)22-17(24)10-14-6-4-5-7-15(14)21/h4-9H,10-11H2,1-3H3. The number of thiazole rings is 1. The number of carbonyl (C=O) groups is 2. The van der Waals surface area contributed by atoms with Gasteiger partial charge in [-0.05, 0) is 42.7 Å². The lowest BCUT2D eigenvalue weighted by Gasteiger charge is -2.05. The Kier molecular flexibility index (Phi) is 5.77. The lowest BCUT2D eigenvalue weighted by molar-refractivity contribution is -0.141. The highest BCUT2D eigenvalue weighted by Gasteiger charge is 2.14. The van der Waals surface area contributed by atoms with Crippen LogP contribution in [0.5, 0.6) is 0 Å². The molecule has 0 N–H and O–H groups in total. The Morgan fingerprint density at radius 3 is 2.67 bits per heavy atom. The van der Waals surface area contributed by atoms with Crippen molar-refractivity contribution in [3.63, 3.8) is 0 Å². The summed E-state index contributed by atoms with van der Waals surface area (Å²) < 4.78 is 7.53. The molecule has 0 spiro atoms. The summed E-state index contributed by atoms with van der Waals surface area (Å²) in [5.41, 5.74) is 3.74. The van der Waals surface area contributed by atoms with Gasteiger partial charge in [0.2, 0.25) is 0 Å². The fraction of sp³-hybridized carbons (Fsp3) is 0.250. The normalized spacial score (nSPS) is 11.8. The number of carbonyl (C=O) groups excluding carboxylic acids is 2. The maximum absolute atomic E-state index is 12.5. The number of nitrogens with zero attached hydrogens (tertiary/aromatic N) is 2. The number of benzene rings is 2. The van der Waals surface area contributed by atoms with Gasteiger partial charge in [-0.1, -0.05) is 47.2 Å². The van der Waals surface area contributed by atoms with Crippen LogP contribution in [-0.2, 0) is 27.3 Å². The van der Waals surface area contributed by atoms with Gasteiger partial charge in [-0.3, -0.25) is 9.59 Å². The first-order valence-electron chi connectivity index (χ1n) is 8.37. The minimum Gasteiger partial charge on any atom is -0.468 e. The number of esters is 1. The highest BCUT2D eigenvalue weighted by Crippen LogP contribution is 2.23. The van der Waals surface area contributed by atoms with Gasteiger partial charge in [0, 0.05) is 5.02 Å². The van der Waals surface area contributed by atoms with E-state index in [1.54, 1.807) is 16.7 Å². The summed E-state index contributed by atoms with van der Waals surface area (Å²) in [5.74, 6) is -0.712. The molecule has 0 unspecified atom stereocenters. The number of aromatic nitrogens is 1. The molecule has 0 aliphatic heterocycles. The molecule has 0 aliphatic rings. The van der Waals surface area contributed by atoms with Gasteiger partial charge in [0.1, 0.15) is 6.54 Å². The molecule has 0 saturated heterocycles. The first kappa shape index (κ1) is 19.3. The van der Waals surface area contributed by atoms with E-state index < -0.39 is 5.97 Å². The van der Waals surface area contributed by atoms with Crippen LogP contribution in [0.25, 0.3) is 10.2 Å². The van der Waals surface area contributed by atoms with E-state index in [1.165, 1.54) is 18.4 Å². The third-order valence-electron chi connectivity index (χ3n) is 4.15. The van der Waals surface area contributed by atoms with Crippen LogP contribution < -0.4 is 4.80 Å². The molecule has 0 radical (unpaired) electrons. The number of halogens is 1. The van der Waals surface area contributed by atoms with Crippen LogP contribution in [0.3, 0.4) is 0 Å². The Labute approximate surface area is 165 Å². The van der Waals surface area contributed by atoms with Gasteiger partial charge in [0.15, 0.2) is 4.80 Å². The molecule has 7 heteroatoms. The van der Waals surface area contributed by atoms with Crippen molar-refractivity contribution < 1.29 is 14.3 Å². The zero-order chi connectivity index (χ0) is 19.6. The SMILES string of the molecule is COC(=O)Cn1c(=NC(=O)Cc2ccccc2Cl)sc2c(C)cc(C)cc21. The minimum atomic E-state index is -0.395. The molecular weight excluding hydrogens is 384 g/mol. The number of hydrogen-bond donors (Lipinski definition) is 0. The Balaban J connectivity index is 2.09. The minimum absolute atomic E-state index is 0.00238. The van der Waals surface area contributed by atoms with E-state index in [4.69, 9.17) is 16.3 Å². The summed E-state index contributed by atoms with van der Waals surface area (Å²) in [6.07, 6.45) is 0.101. The molecule has 1 heterocycles. The third kappa shape index (κ3) is 4.28. The Morgan fingerprint density at radius 2 is 1.96 bits per heavy atom. The molecule has 140 valence electrons. The second-order valence-electron chi connectivity index (χ2n) is 6.25. The van der Waals surface area contributed by atoms with Crippen molar-refractivity contribution in [2.75, 3.05) is 7.11 Å². The van der Waals surface area contributed by atoms with Gasteiger partial charge in [-0.25, -0.2) is 0 Å². The first-order valence-corrected chi connectivity index (χ1v) is 9.57. The molecule has 1 amide bonds. The number of amides is 1. The summed E-state index contributed by atoms with van der Waals surface area (Å²) >= 11 is 7.52. The quantitative estimate of drug-likeness (QED) is 0.623. The molecule has 27 heavy (non-hydrogen) atoms. The molecule has 0 atom stereocenters. The monoisotopic (exact) mass is 402 g/mol. The predicted octanol–water partition coefficient (Wildman–Crippen LogP) is 3.82. The van der Waals surface area contributed by atoms with Crippen molar-refractivity contribution in [1.82, 2.24) is 4.57 Å². The van der Waals surface area contributed by atoms with E-state index in [0.717, 1.165) is 26.9 Å². The largest absolute Gasteiger partial charge is 0.468 e. The van der Waals surface area contributed by atoms with Gasteiger partial charge in [0.05, 0.1) is 23.7 Å². The molecule has 0 fully saturated rings. The van der Waals surface area contributed by atoms with Crippen molar-refractivity contribution in [2.45, 2.75) is 26.8 Å². The fourth-order valence-corrected chi connectivity index (χ4v) is 4.19. The summed E-state index contributed by atoms with van der Waals surface area (Å²) in [6, 6.07) is 11.2. The number of fused-ring (bicyclic) bond motifs is 1. The summed E-state index contributed by atoms with van der Waals surface area (Å²) in [7, 11) is 1.34. The Hall–Kier alpha value is -2.44.